The number of hydrogen-bond donors (Lipinski definition) is 1. The summed E-state index contributed by atoms with van der Waals surface area (Å²) in [6.45, 7) is 5.51. The van der Waals surface area contributed by atoms with Crippen LogP contribution >= 0.6 is 0 Å². The van der Waals surface area contributed by atoms with Crippen LogP contribution < -0.4 is 0 Å². The van der Waals surface area contributed by atoms with Gasteiger partial charge >= 0.3 is 5.97 Å². The molecule has 1 aromatic rings. The van der Waals surface area contributed by atoms with Crippen molar-refractivity contribution in [2.75, 3.05) is 13.1 Å². The third-order valence-corrected chi connectivity index (χ3v) is 2.28. The summed E-state index contributed by atoms with van der Waals surface area (Å²) in [6, 6.07) is 3.16. The van der Waals surface area contributed by atoms with Gasteiger partial charge in [0.05, 0.1) is 12.2 Å². The zero-order valence-electron chi connectivity index (χ0n) is 9.63. The van der Waals surface area contributed by atoms with E-state index in [9.17, 15) is 9.59 Å². The summed E-state index contributed by atoms with van der Waals surface area (Å²) < 4.78 is 4.99. The van der Waals surface area contributed by atoms with E-state index in [1.807, 2.05) is 0 Å². The molecule has 17 heavy (non-hydrogen) atoms. The van der Waals surface area contributed by atoms with E-state index in [4.69, 9.17) is 9.52 Å². The molecule has 0 fully saturated rings. The second-order valence-electron chi connectivity index (χ2n) is 3.72. The highest BCUT2D eigenvalue weighted by Gasteiger charge is 2.22. The van der Waals surface area contributed by atoms with Gasteiger partial charge in [-0.1, -0.05) is 13.0 Å². The average Bonchev–Trinajstić information content (AvgIpc) is 2.80. The third-order valence-electron chi connectivity index (χ3n) is 2.28. The van der Waals surface area contributed by atoms with Crippen molar-refractivity contribution in [3.05, 3.63) is 36.8 Å². The van der Waals surface area contributed by atoms with Gasteiger partial charge in [0.1, 0.15) is 0 Å². The molecule has 0 radical (unpaired) electrons. The molecule has 0 aliphatic heterocycles. The van der Waals surface area contributed by atoms with Crippen LogP contribution in [0.4, 0.5) is 0 Å². The number of nitrogens with zero attached hydrogens (tertiary/aromatic N) is 1. The van der Waals surface area contributed by atoms with E-state index in [-0.39, 0.29) is 24.8 Å². The maximum absolute atomic E-state index is 11.9. The molecule has 1 amide bonds. The van der Waals surface area contributed by atoms with Crippen LogP contribution in [0.25, 0.3) is 0 Å². The van der Waals surface area contributed by atoms with Crippen molar-refractivity contribution in [2.45, 2.75) is 6.92 Å². The molecule has 0 saturated carbocycles. The zero-order chi connectivity index (χ0) is 12.8. The fourth-order valence-electron chi connectivity index (χ4n) is 1.36. The molecule has 0 bridgehead atoms. The number of furan rings is 1. The first-order valence-corrected chi connectivity index (χ1v) is 5.22. The zero-order valence-corrected chi connectivity index (χ0v) is 9.63. The van der Waals surface area contributed by atoms with Crippen molar-refractivity contribution in [3.8, 4) is 0 Å². The summed E-state index contributed by atoms with van der Waals surface area (Å²) in [5, 5.41) is 8.82. The Balaban J connectivity index is 2.75. The molecule has 0 spiro atoms. The Hall–Kier alpha value is -2.04. The number of aliphatic carboxylic acids is 1. The lowest BCUT2D eigenvalue weighted by molar-refractivity contribution is -0.141. The minimum Gasteiger partial charge on any atom is -0.481 e. The topological polar surface area (TPSA) is 70.8 Å². The molecule has 0 aliphatic rings. The summed E-state index contributed by atoms with van der Waals surface area (Å²) in [6.07, 6.45) is 2.95. The Kier molecular flexibility index (Phi) is 4.51. The fourth-order valence-corrected chi connectivity index (χ4v) is 1.36. The molecule has 0 aromatic carbocycles. The van der Waals surface area contributed by atoms with E-state index in [0.29, 0.717) is 0 Å². The van der Waals surface area contributed by atoms with E-state index in [1.54, 1.807) is 25.1 Å². The molecule has 5 heteroatoms. The predicted molar refractivity (Wildman–Crippen MR) is 61.6 cm³/mol. The lowest BCUT2D eigenvalue weighted by Crippen LogP contribution is -2.36. The molecule has 1 unspecified atom stereocenters. The van der Waals surface area contributed by atoms with E-state index in [2.05, 4.69) is 6.58 Å². The summed E-state index contributed by atoms with van der Waals surface area (Å²) in [4.78, 5) is 24.1. The van der Waals surface area contributed by atoms with Crippen molar-refractivity contribution in [1.82, 2.24) is 4.90 Å². The van der Waals surface area contributed by atoms with Crippen molar-refractivity contribution < 1.29 is 19.1 Å². The summed E-state index contributed by atoms with van der Waals surface area (Å²) in [5.41, 5.74) is 0. The van der Waals surface area contributed by atoms with Gasteiger partial charge in [-0.2, -0.15) is 0 Å². The maximum atomic E-state index is 11.9. The molecule has 1 atom stereocenters. The van der Waals surface area contributed by atoms with E-state index in [1.165, 1.54) is 11.2 Å². The Morgan fingerprint density at radius 2 is 2.35 bits per heavy atom. The van der Waals surface area contributed by atoms with E-state index >= 15 is 0 Å². The van der Waals surface area contributed by atoms with Crippen LogP contribution in [-0.2, 0) is 4.79 Å². The Morgan fingerprint density at radius 1 is 1.65 bits per heavy atom. The van der Waals surface area contributed by atoms with Gasteiger partial charge in [-0.25, -0.2) is 0 Å². The van der Waals surface area contributed by atoms with E-state index < -0.39 is 11.9 Å². The van der Waals surface area contributed by atoms with Crippen LogP contribution in [0.5, 0.6) is 0 Å². The number of carboxylic acid groups (broad SMARTS) is 1. The minimum atomic E-state index is -0.939. The Morgan fingerprint density at radius 3 is 2.82 bits per heavy atom. The standard InChI is InChI=1S/C12H15NO4/c1-3-6-13(8-9(2)12(15)16)11(14)10-5-4-7-17-10/h3-5,7,9H,1,6,8H2,2H3,(H,15,16). The molecule has 1 N–H and O–H groups in total. The molecule has 92 valence electrons. The van der Waals surface area contributed by atoms with Crippen LogP contribution in [0, 0.1) is 5.92 Å². The number of carboxylic acids is 1. The highest BCUT2D eigenvalue weighted by atomic mass is 16.4. The Bertz CT molecular complexity index is 397. The SMILES string of the molecule is C=CCN(CC(C)C(=O)O)C(=O)c1ccco1. The minimum absolute atomic E-state index is 0.126. The van der Waals surface area contributed by atoms with Crippen molar-refractivity contribution in [1.29, 1.82) is 0 Å². The van der Waals surface area contributed by atoms with Gasteiger partial charge < -0.3 is 14.4 Å². The van der Waals surface area contributed by atoms with Crippen LogP contribution in [-0.4, -0.2) is 35.0 Å². The molecular weight excluding hydrogens is 222 g/mol. The highest BCUT2D eigenvalue weighted by Crippen LogP contribution is 2.08. The number of rotatable bonds is 6. The van der Waals surface area contributed by atoms with Gasteiger partial charge in [0.2, 0.25) is 0 Å². The first kappa shape index (κ1) is 13.0. The third kappa shape index (κ3) is 3.48. The maximum Gasteiger partial charge on any atom is 0.308 e. The predicted octanol–water partition coefficient (Wildman–Crippen LogP) is 1.63. The summed E-state index contributed by atoms with van der Waals surface area (Å²) >= 11 is 0. The smallest absolute Gasteiger partial charge is 0.308 e. The molecule has 0 aliphatic carbocycles. The van der Waals surface area contributed by atoms with Crippen LogP contribution in [0.3, 0.4) is 0 Å². The van der Waals surface area contributed by atoms with Crippen LogP contribution in [0.15, 0.2) is 35.5 Å². The molecular formula is C12H15NO4. The summed E-state index contributed by atoms with van der Waals surface area (Å²) in [5.74, 6) is -1.70. The first-order chi connectivity index (χ1) is 8.06. The van der Waals surface area contributed by atoms with Gasteiger partial charge in [-0.15, -0.1) is 6.58 Å². The normalized spacial score (nSPS) is 11.8. The average molecular weight is 237 g/mol. The van der Waals surface area contributed by atoms with Crippen LogP contribution in [0.2, 0.25) is 0 Å². The molecule has 5 nitrogen and oxygen atoms in total. The Labute approximate surface area is 99.3 Å². The molecule has 1 heterocycles. The fraction of sp³-hybridized carbons (Fsp3) is 0.333. The largest absolute Gasteiger partial charge is 0.481 e. The molecule has 0 saturated heterocycles. The van der Waals surface area contributed by atoms with Gasteiger partial charge in [-0.05, 0) is 12.1 Å². The lowest BCUT2D eigenvalue weighted by Gasteiger charge is -2.21. The number of amides is 1. The van der Waals surface area contributed by atoms with E-state index in [0.717, 1.165) is 0 Å². The van der Waals surface area contributed by atoms with Crippen molar-refractivity contribution in [2.24, 2.45) is 5.92 Å². The first-order valence-electron chi connectivity index (χ1n) is 5.22. The van der Waals surface area contributed by atoms with Gasteiger partial charge in [0.15, 0.2) is 5.76 Å². The van der Waals surface area contributed by atoms with Gasteiger partial charge in [0, 0.05) is 13.1 Å². The second-order valence-corrected chi connectivity index (χ2v) is 3.72. The van der Waals surface area contributed by atoms with Gasteiger partial charge in [-0.3, -0.25) is 9.59 Å². The quantitative estimate of drug-likeness (QED) is 0.763. The monoisotopic (exact) mass is 237 g/mol. The molecule has 1 aromatic heterocycles. The lowest BCUT2D eigenvalue weighted by atomic mass is 10.1. The number of carbonyl (C=O) groups is 2. The van der Waals surface area contributed by atoms with Gasteiger partial charge in [0.25, 0.3) is 5.91 Å². The van der Waals surface area contributed by atoms with Crippen LogP contribution in [0.1, 0.15) is 17.5 Å². The number of hydrogen-bond acceptors (Lipinski definition) is 3. The number of carbonyl (C=O) groups excluding carboxylic acids is 1. The molecule has 1 rings (SSSR count). The van der Waals surface area contributed by atoms with Crippen molar-refractivity contribution >= 4 is 11.9 Å². The van der Waals surface area contributed by atoms with Crippen molar-refractivity contribution in [3.63, 3.8) is 0 Å². The summed E-state index contributed by atoms with van der Waals surface area (Å²) in [7, 11) is 0. The second kappa shape index (κ2) is 5.89. The highest BCUT2D eigenvalue weighted by molar-refractivity contribution is 5.91.